The summed E-state index contributed by atoms with van der Waals surface area (Å²) in [5, 5.41) is 0. The Hall–Kier alpha value is -1.91. The number of carbonyl (C=O) groups excluding carboxylic acids is 1. The molecule has 1 unspecified atom stereocenters. The van der Waals surface area contributed by atoms with E-state index in [1.54, 1.807) is 7.11 Å². The van der Waals surface area contributed by atoms with Crippen LogP contribution in [-0.4, -0.2) is 21.2 Å². The number of ether oxygens (including phenoxy) is 1. The predicted molar refractivity (Wildman–Crippen MR) is 95.6 cm³/mol. The lowest BCUT2D eigenvalue weighted by molar-refractivity contribution is 0.0900. The molecule has 2 aromatic carbocycles. The Morgan fingerprint density at radius 1 is 1.00 bits per heavy atom. The lowest BCUT2D eigenvalue weighted by Gasteiger charge is -2.26. The minimum Gasteiger partial charge on any atom is -0.497 e. The second kappa shape index (κ2) is 7.57. The molecular weight excluding hydrogens is 304 g/mol. The van der Waals surface area contributed by atoms with Crippen LogP contribution in [0.4, 0.5) is 0 Å². The highest BCUT2D eigenvalue weighted by atomic mass is 28.4. The number of benzene rings is 2. The molecule has 0 fully saturated rings. The van der Waals surface area contributed by atoms with E-state index in [0.717, 1.165) is 16.9 Å². The molecular formula is C19H24O3Si. The van der Waals surface area contributed by atoms with Gasteiger partial charge in [0.15, 0.2) is 14.1 Å². The van der Waals surface area contributed by atoms with Crippen molar-refractivity contribution < 1.29 is 14.0 Å². The number of carbonyl (C=O) groups is 1. The van der Waals surface area contributed by atoms with Gasteiger partial charge in [0.05, 0.1) is 13.2 Å². The monoisotopic (exact) mass is 328 g/mol. The van der Waals surface area contributed by atoms with Gasteiger partial charge in [0.25, 0.3) is 0 Å². The Kier molecular flexibility index (Phi) is 5.74. The van der Waals surface area contributed by atoms with E-state index in [0.29, 0.717) is 6.42 Å². The quantitative estimate of drug-likeness (QED) is 0.538. The Bertz CT molecular complexity index is 630. The molecule has 0 heterocycles. The van der Waals surface area contributed by atoms with Crippen molar-refractivity contribution in [1.29, 1.82) is 0 Å². The van der Waals surface area contributed by atoms with Gasteiger partial charge in [-0.3, -0.25) is 4.79 Å². The molecule has 4 heteroatoms. The normalized spacial score (nSPS) is 12.7. The van der Waals surface area contributed by atoms with E-state index in [-0.39, 0.29) is 11.9 Å². The van der Waals surface area contributed by atoms with Crippen LogP contribution in [0.1, 0.15) is 28.4 Å². The van der Waals surface area contributed by atoms with Gasteiger partial charge in [-0.05, 0) is 37.3 Å². The van der Waals surface area contributed by atoms with Gasteiger partial charge in [0, 0.05) is 12.0 Å². The highest BCUT2D eigenvalue weighted by Gasteiger charge is 2.25. The maximum absolute atomic E-state index is 12.5. The molecule has 0 aliphatic rings. The average Bonchev–Trinajstić information content (AvgIpc) is 2.54. The number of Topliss-reactive ketones (excluding diaryl/α,β-unsaturated/α-hetero) is 1. The molecule has 0 saturated heterocycles. The maximum atomic E-state index is 12.5. The van der Waals surface area contributed by atoms with Gasteiger partial charge < -0.3 is 9.16 Å². The second-order valence-electron chi connectivity index (χ2n) is 6.49. The third-order valence-electron chi connectivity index (χ3n) is 3.45. The van der Waals surface area contributed by atoms with E-state index in [4.69, 9.17) is 9.16 Å². The average molecular weight is 328 g/mol. The molecule has 1 atom stereocenters. The van der Waals surface area contributed by atoms with E-state index < -0.39 is 8.32 Å². The van der Waals surface area contributed by atoms with E-state index in [9.17, 15) is 4.79 Å². The third kappa shape index (κ3) is 5.34. The third-order valence-corrected chi connectivity index (χ3v) is 4.44. The molecule has 2 aromatic rings. The van der Waals surface area contributed by atoms with Crippen molar-refractivity contribution in [3.63, 3.8) is 0 Å². The Balaban J connectivity index is 2.21. The van der Waals surface area contributed by atoms with Crippen LogP contribution in [0.5, 0.6) is 5.75 Å². The van der Waals surface area contributed by atoms with Gasteiger partial charge in [0.1, 0.15) is 5.75 Å². The van der Waals surface area contributed by atoms with Crippen LogP contribution >= 0.6 is 0 Å². The topological polar surface area (TPSA) is 35.5 Å². The summed E-state index contributed by atoms with van der Waals surface area (Å²) in [7, 11) is -0.133. The number of hydrogen-bond donors (Lipinski definition) is 0. The summed E-state index contributed by atoms with van der Waals surface area (Å²) in [4.78, 5) is 12.5. The van der Waals surface area contributed by atoms with Crippen molar-refractivity contribution >= 4 is 14.1 Å². The number of ketones is 1. The van der Waals surface area contributed by atoms with Crippen LogP contribution in [0.15, 0.2) is 54.6 Å². The van der Waals surface area contributed by atoms with Crippen LogP contribution < -0.4 is 4.74 Å². The molecule has 0 aliphatic carbocycles. The fourth-order valence-electron chi connectivity index (χ4n) is 2.38. The van der Waals surface area contributed by atoms with Crippen LogP contribution in [-0.2, 0) is 4.43 Å². The van der Waals surface area contributed by atoms with Crippen molar-refractivity contribution in [2.24, 2.45) is 0 Å². The van der Waals surface area contributed by atoms with Gasteiger partial charge in [-0.2, -0.15) is 0 Å². The van der Waals surface area contributed by atoms with Crippen molar-refractivity contribution in [2.45, 2.75) is 32.2 Å². The summed E-state index contributed by atoms with van der Waals surface area (Å²) in [6.07, 6.45) is 0.126. The molecule has 0 spiro atoms. The molecule has 122 valence electrons. The predicted octanol–water partition coefficient (Wildman–Crippen LogP) is 4.86. The molecule has 0 amide bonds. The minimum absolute atomic E-state index is 0.102. The molecule has 2 rings (SSSR count). The molecule has 0 radical (unpaired) electrons. The van der Waals surface area contributed by atoms with Crippen molar-refractivity contribution in [3.8, 4) is 5.75 Å². The van der Waals surface area contributed by atoms with E-state index in [2.05, 4.69) is 19.6 Å². The zero-order valence-corrected chi connectivity index (χ0v) is 15.2. The van der Waals surface area contributed by atoms with Crippen LogP contribution in [0.25, 0.3) is 0 Å². The van der Waals surface area contributed by atoms with E-state index in [1.165, 1.54) is 0 Å². The fraction of sp³-hybridized carbons (Fsp3) is 0.316. The fourth-order valence-corrected chi connectivity index (χ4v) is 3.46. The summed E-state index contributed by atoms with van der Waals surface area (Å²) >= 11 is 0. The SMILES string of the molecule is COc1ccc(C(CC(=O)c2ccccc2)O[Si](C)(C)C)cc1. The summed E-state index contributed by atoms with van der Waals surface area (Å²) in [5.41, 5.74) is 1.74. The largest absolute Gasteiger partial charge is 0.497 e. The summed E-state index contributed by atoms with van der Waals surface area (Å²) in [6, 6.07) is 17.1. The lowest BCUT2D eigenvalue weighted by Crippen LogP contribution is -2.29. The van der Waals surface area contributed by atoms with Crippen LogP contribution in [0.2, 0.25) is 19.6 Å². The van der Waals surface area contributed by atoms with Gasteiger partial charge in [0.2, 0.25) is 0 Å². The first-order chi connectivity index (χ1) is 10.9. The Morgan fingerprint density at radius 3 is 2.13 bits per heavy atom. The molecule has 0 aliphatic heterocycles. The summed E-state index contributed by atoms with van der Waals surface area (Å²) in [5.74, 6) is 0.902. The first-order valence-electron chi connectivity index (χ1n) is 7.79. The number of hydrogen-bond acceptors (Lipinski definition) is 3. The zero-order valence-electron chi connectivity index (χ0n) is 14.2. The zero-order chi connectivity index (χ0) is 16.9. The van der Waals surface area contributed by atoms with Gasteiger partial charge >= 0.3 is 0 Å². The standard InChI is InChI=1S/C19H24O3Si/c1-21-17-12-10-16(11-13-17)19(22-23(2,3)4)14-18(20)15-8-6-5-7-9-15/h5-13,19H,14H2,1-4H3. The molecule has 0 saturated carbocycles. The lowest BCUT2D eigenvalue weighted by atomic mass is 10.0. The van der Waals surface area contributed by atoms with Crippen molar-refractivity contribution in [3.05, 3.63) is 65.7 Å². The molecule has 3 nitrogen and oxygen atoms in total. The minimum atomic E-state index is -1.78. The van der Waals surface area contributed by atoms with Gasteiger partial charge in [-0.15, -0.1) is 0 Å². The van der Waals surface area contributed by atoms with Gasteiger partial charge in [-0.25, -0.2) is 0 Å². The Labute approximate surface area is 139 Å². The number of rotatable bonds is 7. The van der Waals surface area contributed by atoms with Gasteiger partial charge in [-0.1, -0.05) is 42.5 Å². The van der Waals surface area contributed by atoms with Crippen LogP contribution in [0.3, 0.4) is 0 Å². The first-order valence-corrected chi connectivity index (χ1v) is 11.2. The van der Waals surface area contributed by atoms with E-state index in [1.807, 2.05) is 54.6 Å². The molecule has 0 N–H and O–H groups in total. The van der Waals surface area contributed by atoms with Crippen molar-refractivity contribution in [2.75, 3.05) is 7.11 Å². The summed E-state index contributed by atoms with van der Waals surface area (Å²) < 4.78 is 11.5. The molecule has 0 bridgehead atoms. The maximum Gasteiger partial charge on any atom is 0.184 e. The summed E-state index contributed by atoms with van der Waals surface area (Å²) in [6.45, 7) is 6.41. The Morgan fingerprint density at radius 2 is 1.61 bits per heavy atom. The molecule has 0 aromatic heterocycles. The van der Waals surface area contributed by atoms with Crippen molar-refractivity contribution in [1.82, 2.24) is 0 Å². The first kappa shape index (κ1) is 17.4. The van der Waals surface area contributed by atoms with Crippen LogP contribution in [0, 0.1) is 0 Å². The molecule has 23 heavy (non-hydrogen) atoms. The number of methoxy groups -OCH3 is 1. The smallest absolute Gasteiger partial charge is 0.184 e. The second-order valence-corrected chi connectivity index (χ2v) is 10.9. The highest BCUT2D eigenvalue weighted by molar-refractivity contribution is 6.69. The van der Waals surface area contributed by atoms with E-state index >= 15 is 0 Å². The highest BCUT2D eigenvalue weighted by Crippen LogP contribution is 2.28.